The summed E-state index contributed by atoms with van der Waals surface area (Å²) < 4.78 is 0. The molecule has 4 rings (SSSR count). The molecule has 2 aromatic heterocycles. The number of carbonyl (C=O) groups excluding carboxylic acids is 1. The molecule has 1 amide bonds. The average molecular weight is 359 g/mol. The molecule has 24 heavy (non-hydrogen) atoms. The third kappa shape index (κ3) is 3.07. The van der Waals surface area contributed by atoms with Crippen LogP contribution in [0.5, 0.6) is 0 Å². The van der Waals surface area contributed by atoms with E-state index >= 15 is 0 Å². The van der Waals surface area contributed by atoms with Crippen LogP contribution in [0, 0.1) is 6.92 Å². The van der Waals surface area contributed by atoms with Gasteiger partial charge in [-0.3, -0.25) is 15.2 Å². The van der Waals surface area contributed by atoms with Gasteiger partial charge in [-0.2, -0.15) is 5.10 Å². The first kappa shape index (κ1) is 15.4. The van der Waals surface area contributed by atoms with Crippen molar-refractivity contribution in [1.82, 2.24) is 15.2 Å². The Morgan fingerprint density at radius 2 is 2.08 bits per heavy atom. The standard InChI is InChI=1S/C17H15ClN4OS/c1-9-15(11-4-6-12(18)7-5-11)19-17(24-9)20-16(23)14-8-13(21-22-14)10-2-3-10/h4-8,10H,2-3H2,1H3,(H,21,22)(H,19,20,23). The molecule has 122 valence electrons. The fourth-order valence-corrected chi connectivity index (χ4v) is 3.50. The largest absolute Gasteiger partial charge is 0.296 e. The second-order valence-electron chi connectivity index (χ2n) is 5.87. The molecule has 1 saturated carbocycles. The second-order valence-corrected chi connectivity index (χ2v) is 7.51. The smallest absolute Gasteiger partial charge is 0.277 e. The zero-order valence-electron chi connectivity index (χ0n) is 13.0. The number of benzene rings is 1. The molecule has 0 bridgehead atoms. The van der Waals surface area contributed by atoms with Crippen LogP contribution in [0.4, 0.5) is 5.13 Å². The van der Waals surface area contributed by atoms with Gasteiger partial charge >= 0.3 is 0 Å². The summed E-state index contributed by atoms with van der Waals surface area (Å²) in [4.78, 5) is 17.9. The number of nitrogens with one attached hydrogen (secondary N) is 2. The number of halogens is 1. The van der Waals surface area contributed by atoms with Gasteiger partial charge in [0.2, 0.25) is 0 Å². The van der Waals surface area contributed by atoms with E-state index in [1.807, 2.05) is 37.3 Å². The van der Waals surface area contributed by atoms with E-state index in [0.717, 1.165) is 21.8 Å². The normalized spacial score (nSPS) is 13.9. The molecule has 0 atom stereocenters. The zero-order chi connectivity index (χ0) is 16.7. The molecule has 1 aromatic carbocycles. The number of aromatic amines is 1. The van der Waals surface area contributed by atoms with E-state index < -0.39 is 0 Å². The number of aromatic nitrogens is 3. The van der Waals surface area contributed by atoms with Crippen LogP contribution in [0.15, 0.2) is 30.3 Å². The third-order valence-electron chi connectivity index (χ3n) is 3.98. The first-order valence-electron chi connectivity index (χ1n) is 7.70. The summed E-state index contributed by atoms with van der Waals surface area (Å²) in [6.07, 6.45) is 2.33. The summed E-state index contributed by atoms with van der Waals surface area (Å²) in [5, 5.41) is 11.1. The van der Waals surface area contributed by atoms with Gasteiger partial charge in [-0.05, 0) is 38.0 Å². The van der Waals surface area contributed by atoms with Gasteiger partial charge in [-0.1, -0.05) is 23.7 Å². The van der Waals surface area contributed by atoms with Crippen molar-refractivity contribution in [1.29, 1.82) is 0 Å². The highest BCUT2D eigenvalue weighted by molar-refractivity contribution is 7.16. The Hall–Kier alpha value is -2.18. The van der Waals surface area contributed by atoms with E-state index in [2.05, 4.69) is 20.5 Å². The maximum absolute atomic E-state index is 12.3. The van der Waals surface area contributed by atoms with Crippen LogP contribution in [0.25, 0.3) is 11.3 Å². The number of aryl methyl sites for hydroxylation is 1. The van der Waals surface area contributed by atoms with Crippen LogP contribution in [0.1, 0.15) is 39.8 Å². The predicted molar refractivity (Wildman–Crippen MR) is 95.8 cm³/mol. The lowest BCUT2D eigenvalue weighted by Crippen LogP contribution is -2.12. The fraction of sp³-hybridized carbons (Fsp3) is 0.235. The fourth-order valence-electron chi connectivity index (χ4n) is 2.54. The van der Waals surface area contributed by atoms with Gasteiger partial charge in [0.15, 0.2) is 10.8 Å². The topological polar surface area (TPSA) is 70.7 Å². The predicted octanol–water partition coefficient (Wildman–Crippen LogP) is 4.62. The summed E-state index contributed by atoms with van der Waals surface area (Å²) in [7, 11) is 0. The molecule has 3 aromatic rings. The Morgan fingerprint density at radius 1 is 1.33 bits per heavy atom. The summed E-state index contributed by atoms with van der Waals surface area (Å²) in [5.74, 6) is 0.298. The van der Waals surface area contributed by atoms with E-state index in [4.69, 9.17) is 11.6 Å². The van der Waals surface area contributed by atoms with Gasteiger partial charge in [0.25, 0.3) is 5.91 Å². The van der Waals surface area contributed by atoms with Crippen molar-refractivity contribution in [3.8, 4) is 11.3 Å². The minimum absolute atomic E-state index is 0.241. The summed E-state index contributed by atoms with van der Waals surface area (Å²) in [5.41, 5.74) is 3.27. The highest BCUT2D eigenvalue weighted by Crippen LogP contribution is 2.39. The summed E-state index contributed by atoms with van der Waals surface area (Å²) >= 11 is 7.37. The van der Waals surface area contributed by atoms with Crippen LogP contribution in [0.2, 0.25) is 5.02 Å². The summed E-state index contributed by atoms with van der Waals surface area (Å²) in [6, 6.07) is 9.33. The molecular weight excluding hydrogens is 344 g/mol. The van der Waals surface area contributed by atoms with Crippen molar-refractivity contribution >= 4 is 34.0 Å². The molecule has 0 saturated heterocycles. The number of amides is 1. The quantitative estimate of drug-likeness (QED) is 0.714. The Morgan fingerprint density at radius 3 is 2.79 bits per heavy atom. The van der Waals surface area contributed by atoms with Crippen LogP contribution < -0.4 is 5.32 Å². The Kier molecular flexibility index (Phi) is 3.86. The maximum atomic E-state index is 12.3. The molecule has 2 N–H and O–H groups in total. The Balaban J connectivity index is 1.53. The molecular formula is C17H15ClN4OS. The van der Waals surface area contributed by atoms with Gasteiger partial charge in [0.05, 0.1) is 5.69 Å². The van der Waals surface area contributed by atoms with Crippen LogP contribution in [0.3, 0.4) is 0 Å². The lowest BCUT2D eigenvalue weighted by Gasteiger charge is -1.99. The Bertz CT molecular complexity index is 896. The van der Waals surface area contributed by atoms with Gasteiger partial charge < -0.3 is 0 Å². The maximum Gasteiger partial charge on any atom is 0.277 e. The van der Waals surface area contributed by atoms with E-state index in [1.54, 1.807) is 0 Å². The van der Waals surface area contributed by atoms with Gasteiger partial charge in [-0.15, -0.1) is 11.3 Å². The number of H-pyrrole nitrogens is 1. The van der Waals surface area contributed by atoms with E-state index in [1.165, 1.54) is 24.2 Å². The van der Waals surface area contributed by atoms with Crippen molar-refractivity contribution < 1.29 is 4.79 Å². The lowest BCUT2D eigenvalue weighted by atomic mass is 10.1. The molecule has 0 aliphatic heterocycles. The molecule has 7 heteroatoms. The highest BCUT2D eigenvalue weighted by Gasteiger charge is 2.26. The highest BCUT2D eigenvalue weighted by atomic mass is 35.5. The van der Waals surface area contributed by atoms with Crippen molar-refractivity contribution in [2.75, 3.05) is 5.32 Å². The molecule has 1 aliphatic rings. The molecule has 0 spiro atoms. The Labute approximate surface area is 148 Å². The number of carbonyl (C=O) groups is 1. The number of nitrogens with zero attached hydrogens (tertiary/aromatic N) is 2. The molecule has 5 nitrogen and oxygen atoms in total. The zero-order valence-corrected chi connectivity index (χ0v) is 14.5. The third-order valence-corrected chi connectivity index (χ3v) is 5.12. The van der Waals surface area contributed by atoms with Crippen LogP contribution >= 0.6 is 22.9 Å². The monoisotopic (exact) mass is 358 g/mol. The van der Waals surface area contributed by atoms with E-state index in [9.17, 15) is 4.79 Å². The number of anilines is 1. The van der Waals surface area contributed by atoms with E-state index in [0.29, 0.717) is 21.8 Å². The lowest BCUT2D eigenvalue weighted by molar-refractivity contribution is 0.102. The van der Waals surface area contributed by atoms with Gasteiger partial charge in [0.1, 0.15) is 0 Å². The molecule has 1 aliphatic carbocycles. The first-order valence-corrected chi connectivity index (χ1v) is 8.89. The molecule has 0 unspecified atom stereocenters. The first-order chi connectivity index (χ1) is 11.6. The minimum atomic E-state index is -0.241. The second kappa shape index (κ2) is 6.03. The molecule has 2 heterocycles. The van der Waals surface area contributed by atoms with Crippen molar-refractivity contribution in [3.05, 3.63) is 51.6 Å². The number of rotatable bonds is 4. The van der Waals surface area contributed by atoms with Crippen molar-refractivity contribution in [3.63, 3.8) is 0 Å². The van der Waals surface area contributed by atoms with Crippen LogP contribution in [-0.2, 0) is 0 Å². The van der Waals surface area contributed by atoms with Crippen molar-refractivity contribution in [2.24, 2.45) is 0 Å². The van der Waals surface area contributed by atoms with E-state index in [-0.39, 0.29) is 5.91 Å². The van der Waals surface area contributed by atoms with Crippen LogP contribution in [-0.4, -0.2) is 21.1 Å². The number of hydrogen-bond acceptors (Lipinski definition) is 4. The van der Waals surface area contributed by atoms with Gasteiger partial charge in [0, 0.05) is 27.1 Å². The number of thiazole rings is 1. The molecule has 0 radical (unpaired) electrons. The van der Waals surface area contributed by atoms with Crippen molar-refractivity contribution in [2.45, 2.75) is 25.7 Å². The van der Waals surface area contributed by atoms with Gasteiger partial charge in [-0.25, -0.2) is 4.98 Å². The molecule has 1 fully saturated rings. The minimum Gasteiger partial charge on any atom is -0.296 e. The number of hydrogen-bond donors (Lipinski definition) is 2. The summed E-state index contributed by atoms with van der Waals surface area (Å²) in [6.45, 7) is 1.98. The average Bonchev–Trinajstić information content (AvgIpc) is 3.18. The SMILES string of the molecule is Cc1sc(NC(=O)c2cc(C3CC3)[nH]n2)nc1-c1ccc(Cl)cc1.